The minimum Gasteiger partial charge on any atom is -0.311 e. The Balaban J connectivity index is 1.54. The number of aromatic nitrogens is 1. The van der Waals surface area contributed by atoms with E-state index in [0.29, 0.717) is 12.1 Å². The Kier molecular flexibility index (Phi) is 3.48. The molecule has 3 nitrogen and oxygen atoms in total. The zero-order valence-corrected chi connectivity index (χ0v) is 13.6. The number of thiazole rings is 1. The highest BCUT2D eigenvalue weighted by molar-refractivity contribution is 7.18. The lowest BCUT2D eigenvalue weighted by molar-refractivity contribution is 0.132. The van der Waals surface area contributed by atoms with Crippen LogP contribution >= 0.6 is 11.3 Å². The average Bonchev–Trinajstić information content (AvgIpc) is 3.08. The summed E-state index contributed by atoms with van der Waals surface area (Å²) in [7, 11) is 2.28. The van der Waals surface area contributed by atoms with E-state index in [1.54, 1.807) is 0 Å². The molecule has 0 saturated carbocycles. The van der Waals surface area contributed by atoms with Crippen LogP contribution in [0.15, 0.2) is 24.3 Å². The van der Waals surface area contributed by atoms with Crippen LogP contribution < -0.4 is 5.32 Å². The van der Waals surface area contributed by atoms with Gasteiger partial charge in [0.1, 0.15) is 5.01 Å². The summed E-state index contributed by atoms with van der Waals surface area (Å²) in [5, 5.41) is 4.99. The number of nitrogens with zero attached hydrogens (tertiary/aromatic N) is 2. The molecule has 4 rings (SSSR count). The fraction of sp³-hybridized carbons (Fsp3) is 0.588. The summed E-state index contributed by atoms with van der Waals surface area (Å²) in [5.41, 5.74) is 1.14. The molecule has 2 fully saturated rings. The number of para-hydroxylation sites is 1. The van der Waals surface area contributed by atoms with Crippen LogP contribution in [-0.4, -0.2) is 35.1 Å². The Morgan fingerprint density at radius 3 is 2.67 bits per heavy atom. The lowest BCUT2D eigenvalue weighted by Gasteiger charge is -2.38. The van der Waals surface area contributed by atoms with Crippen molar-refractivity contribution in [1.82, 2.24) is 15.2 Å². The van der Waals surface area contributed by atoms with Crippen LogP contribution in [0.4, 0.5) is 0 Å². The van der Waals surface area contributed by atoms with Gasteiger partial charge in [-0.3, -0.25) is 4.90 Å². The zero-order valence-electron chi connectivity index (χ0n) is 12.7. The summed E-state index contributed by atoms with van der Waals surface area (Å²) in [4.78, 5) is 7.40. The van der Waals surface area contributed by atoms with Gasteiger partial charge < -0.3 is 5.32 Å². The van der Waals surface area contributed by atoms with Crippen molar-refractivity contribution in [3.8, 4) is 0 Å². The number of rotatable bonds is 3. The largest absolute Gasteiger partial charge is 0.311 e. The highest BCUT2D eigenvalue weighted by atomic mass is 32.1. The van der Waals surface area contributed by atoms with E-state index in [4.69, 9.17) is 4.98 Å². The van der Waals surface area contributed by atoms with Crippen molar-refractivity contribution in [3.63, 3.8) is 0 Å². The number of benzene rings is 1. The van der Waals surface area contributed by atoms with Crippen molar-refractivity contribution in [2.45, 2.75) is 56.8 Å². The first kappa shape index (κ1) is 13.7. The van der Waals surface area contributed by atoms with E-state index in [2.05, 4.69) is 48.5 Å². The normalized spacial score (nSPS) is 30.1. The van der Waals surface area contributed by atoms with E-state index in [-0.39, 0.29) is 0 Å². The van der Waals surface area contributed by atoms with Gasteiger partial charge in [-0.1, -0.05) is 12.1 Å². The monoisotopic (exact) mass is 301 g/mol. The first-order valence-electron chi connectivity index (χ1n) is 8.04. The summed E-state index contributed by atoms with van der Waals surface area (Å²) < 4.78 is 1.30. The van der Waals surface area contributed by atoms with Crippen molar-refractivity contribution >= 4 is 21.6 Å². The molecule has 0 spiro atoms. The summed E-state index contributed by atoms with van der Waals surface area (Å²) in [6.07, 6.45) is 5.32. The SMILES string of the molecule is CC(c1nc2ccccc2s1)N(C)C1CC2CCC(C1)N2. The lowest BCUT2D eigenvalue weighted by Crippen LogP contribution is -2.47. The third kappa shape index (κ3) is 2.50. The highest BCUT2D eigenvalue weighted by Crippen LogP contribution is 2.35. The summed E-state index contributed by atoms with van der Waals surface area (Å²) in [5.74, 6) is 0. The van der Waals surface area contributed by atoms with Crippen LogP contribution in [-0.2, 0) is 0 Å². The van der Waals surface area contributed by atoms with E-state index in [1.165, 1.54) is 35.4 Å². The smallest absolute Gasteiger partial charge is 0.111 e. The molecule has 4 heteroatoms. The van der Waals surface area contributed by atoms with E-state index in [9.17, 15) is 0 Å². The van der Waals surface area contributed by atoms with Crippen molar-refractivity contribution < 1.29 is 0 Å². The van der Waals surface area contributed by atoms with Crippen LogP contribution in [0.5, 0.6) is 0 Å². The zero-order chi connectivity index (χ0) is 14.4. The molecule has 21 heavy (non-hydrogen) atoms. The first-order valence-corrected chi connectivity index (χ1v) is 8.86. The van der Waals surface area contributed by atoms with Gasteiger partial charge in [0, 0.05) is 18.1 Å². The van der Waals surface area contributed by atoms with E-state index in [0.717, 1.165) is 17.6 Å². The maximum Gasteiger partial charge on any atom is 0.111 e. The average molecular weight is 301 g/mol. The predicted molar refractivity (Wildman–Crippen MR) is 88.8 cm³/mol. The van der Waals surface area contributed by atoms with Gasteiger partial charge in [0.2, 0.25) is 0 Å². The van der Waals surface area contributed by atoms with Gasteiger partial charge in [-0.2, -0.15) is 0 Å². The molecule has 0 aliphatic carbocycles. The molecule has 1 aromatic carbocycles. The van der Waals surface area contributed by atoms with Crippen LogP contribution in [0.25, 0.3) is 10.2 Å². The van der Waals surface area contributed by atoms with Crippen LogP contribution in [0.3, 0.4) is 0 Å². The van der Waals surface area contributed by atoms with Crippen molar-refractivity contribution in [2.75, 3.05) is 7.05 Å². The number of hydrogen-bond acceptors (Lipinski definition) is 4. The molecule has 2 aliphatic rings. The third-order valence-electron chi connectivity index (χ3n) is 5.30. The first-order chi connectivity index (χ1) is 10.2. The van der Waals surface area contributed by atoms with Crippen LogP contribution in [0, 0.1) is 0 Å². The minimum absolute atomic E-state index is 0.407. The summed E-state index contributed by atoms with van der Waals surface area (Å²) in [6, 6.07) is 11.1. The topological polar surface area (TPSA) is 28.2 Å². The second-order valence-electron chi connectivity index (χ2n) is 6.62. The standard InChI is InChI=1S/C17H23N3S/c1-11(17-19-15-5-3-4-6-16(15)21-17)20(2)14-9-12-7-8-13(10-14)18-12/h3-6,11-14,18H,7-10H2,1-2H3. The highest BCUT2D eigenvalue weighted by Gasteiger charge is 2.36. The van der Waals surface area contributed by atoms with Crippen LogP contribution in [0.1, 0.15) is 43.7 Å². The second-order valence-corrected chi connectivity index (χ2v) is 7.69. The Morgan fingerprint density at radius 2 is 1.95 bits per heavy atom. The van der Waals surface area contributed by atoms with Gasteiger partial charge >= 0.3 is 0 Å². The number of piperidine rings is 1. The third-order valence-corrected chi connectivity index (χ3v) is 6.51. The van der Waals surface area contributed by atoms with Gasteiger partial charge in [-0.25, -0.2) is 4.98 Å². The number of nitrogens with one attached hydrogen (secondary N) is 1. The molecule has 1 aromatic heterocycles. The Labute approximate surface area is 130 Å². The predicted octanol–water partition coefficient (Wildman–Crippen LogP) is 3.57. The fourth-order valence-electron chi connectivity index (χ4n) is 3.92. The number of fused-ring (bicyclic) bond motifs is 3. The van der Waals surface area contributed by atoms with Gasteiger partial charge in [0.15, 0.2) is 0 Å². The molecule has 2 bridgehead atoms. The van der Waals surface area contributed by atoms with Crippen LogP contribution in [0.2, 0.25) is 0 Å². The van der Waals surface area contributed by atoms with Crippen molar-refractivity contribution in [3.05, 3.63) is 29.3 Å². The molecule has 2 saturated heterocycles. The van der Waals surface area contributed by atoms with E-state index in [1.807, 2.05) is 11.3 Å². The molecule has 2 aliphatic heterocycles. The minimum atomic E-state index is 0.407. The molecule has 0 radical (unpaired) electrons. The summed E-state index contributed by atoms with van der Waals surface area (Å²) >= 11 is 1.85. The van der Waals surface area contributed by atoms with Gasteiger partial charge in [-0.05, 0) is 51.8 Å². The molecular weight excluding hydrogens is 278 g/mol. The fourth-order valence-corrected chi connectivity index (χ4v) is 4.99. The molecule has 0 amide bonds. The molecule has 3 heterocycles. The van der Waals surface area contributed by atoms with E-state index >= 15 is 0 Å². The van der Waals surface area contributed by atoms with Gasteiger partial charge in [0.05, 0.1) is 16.3 Å². The molecule has 1 N–H and O–H groups in total. The summed E-state index contributed by atoms with van der Waals surface area (Å²) in [6.45, 7) is 2.31. The molecule has 3 atom stereocenters. The Bertz CT molecular complexity index is 593. The second kappa shape index (κ2) is 5.34. The van der Waals surface area contributed by atoms with E-state index < -0.39 is 0 Å². The number of hydrogen-bond donors (Lipinski definition) is 1. The Hall–Kier alpha value is -0.970. The lowest BCUT2D eigenvalue weighted by atomic mass is 9.97. The molecule has 3 unspecified atom stereocenters. The maximum atomic E-state index is 4.84. The molecule has 112 valence electrons. The Morgan fingerprint density at radius 1 is 1.24 bits per heavy atom. The quantitative estimate of drug-likeness (QED) is 0.939. The van der Waals surface area contributed by atoms with Gasteiger partial charge in [0.25, 0.3) is 0 Å². The molecular formula is C17H23N3S. The van der Waals surface area contributed by atoms with Crippen molar-refractivity contribution in [2.24, 2.45) is 0 Å². The van der Waals surface area contributed by atoms with Crippen molar-refractivity contribution in [1.29, 1.82) is 0 Å². The maximum absolute atomic E-state index is 4.84. The molecule has 2 aromatic rings. The van der Waals surface area contributed by atoms with Gasteiger partial charge in [-0.15, -0.1) is 11.3 Å².